The number of carbonyl (C=O) groups is 2. The summed E-state index contributed by atoms with van der Waals surface area (Å²) in [6.07, 6.45) is 3.99. The van der Waals surface area contributed by atoms with E-state index in [1.54, 1.807) is 23.2 Å². The number of likely N-dealkylation sites (tertiary alicyclic amines) is 1. The molecule has 2 aliphatic rings. The molecule has 1 saturated heterocycles. The number of rotatable bonds is 7. The van der Waals surface area contributed by atoms with Crippen LogP contribution < -0.4 is 10.1 Å². The maximum absolute atomic E-state index is 12.4. The normalized spacial score (nSPS) is 24.7. The number of hydrogen-bond donors (Lipinski definition) is 2. The Balaban J connectivity index is 1.26. The number of hydrogen-bond acceptors (Lipinski definition) is 6. The lowest BCUT2D eigenvalue weighted by Gasteiger charge is -2.45. The topological polar surface area (TPSA) is 109 Å². The molecule has 3 heterocycles. The number of aromatic amines is 1. The Morgan fingerprint density at radius 1 is 1.34 bits per heavy atom. The average Bonchev–Trinajstić information content (AvgIpc) is 3.42. The second-order valence-corrected chi connectivity index (χ2v) is 8.92. The Labute approximate surface area is 190 Å². The number of pyridine rings is 1. The minimum atomic E-state index is -0.218. The Morgan fingerprint density at radius 3 is 2.94 bits per heavy atom. The molecule has 10 heteroatoms. The van der Waals surface area contributed by atoms with Gasteiger partial charge in [0.2, 0.25) is 11.8 Å². The molecule has 1 aliphatic carbocycles. The van der Waals surface area contributed by atoms with E-state index < -0.39 is 0 Å². The molecular weight excluding hydrogens is 426 g/mol. The van der Waals surface area contributed by atoms with Crippen molar-refractivity contribution in [3.63, 3.8) is 0 Å². The van der Waals surface area contributed by atoms with Crippen molar-refractivity contribution >= 4 is 28.1 Å². The highest BCUT2D eigenvalue weighted by Gasteiger charge is 2.40. The van der Waals surface area contributed by atoms with Crippen LogP contribution in [0, 0.1) is 5.92 Å². The Morgan fingerprint density at radius 2 is 2.19 bits per heavy atom. The summed E-state index contributed by atoms with van der Waals surface area (Å²) < 4.78 is 10.8. The molecule has 169 valence electrons. The SMILES string of the molecule is COc1cc(CC(=O)Nc2cc([C@H]3CCC(OC(=O)N4C[C@H](C[Si])[C@H]4C)C3)[nH]n2)ccn1. The van der Waals surface area contributed by atoms with Crippen LogP contribution in [0.2, 0.25) is 6.04 Å². The number of nitrogens with zero attached hydrogens (tertiary/aromatic N) is 3. The highest BCUT2D eigenvalue weighted by Crippen LogP contribution is 2.37. The minimum absolute atomic E-state index is 0.0923. The third kappa shape index (κ3) is 4.95. The summed E-state index contributed by atoms with van der Waals surface area (Å²) >= 11 is 0. The third-order valence-corrected chi connectivity index (χ3v) is 6.96. The van der Waals surface area contributed by atoms with E-state index in [9.17, 15) is 9.59 Å². The van der Waals surface area contributed by atoms with Crippen LogP contribution in [0.3, 0.4) is 0 Å². The number of amides is 2. The van der Waals surface area contributed by atoms with Gasteiger partial charge in [-0.05, 0) is 43.7 Å². The average molecular weight is 455 g/mol. The first-order chi connectivity index (χ1) is 15.5. The van der Waals surface area contributed by atoms with E-state index in [2.05, 4.69) is 37.7 Å². The van der Waals surface area contributed by atoms with Gasteiger partial charge in [0, 0.05) is 52.8 Å². The summed E-state index contributed by atoms with van der Waals surface area (Å²) in [5.74, 6) is 1.51. The molecular formula is C22H28N5O4Si. The molecule has 0 aromatic carbocycles. The third-order valence-electron chi connectivity index (χ3n) is 6.43. The molecule has 4 atom stereocenters. The zero-order chi connectivity index (χ0) is 22.7. The molecule has 0 bridgehead atoms. The van der Waals surface area contributed by atoms with Gasteiger partial charge in [-0.1, -0.05) is 6.04 Å². The number of methoxy groups -OCH3 is 1. The van der Waals surface area contributed by atoms with E-state index in [0.717, 1.165) is 43.1 Å². The fraction of sp³-hybridized carbons (Fsp3) is 0.545. The fourth-order valence-corrected chi connectivity index (χ4v) is 4.83. The van der Waals surface area contributed by atoms with E-state index in [0.29, 0.717) is 17.6 Å². The standard InChI is InChI=1S/C22H28N5O4Si/c1-13-16(12-32)11-27(13)22(29)31-17-4-3-15(9-17)18-10-19(26-25-18)24-20(28)7-14-5-6-23-21(8-14)30-2/h5-6,8,10,13,15-17H,3-4,7,9,11-12H2,1-2H3,(H2,24,25,26,28)/t13-,15+,16-,17?/m1/s1. The van der Waals surface area contributed by atoms with Crippen molar-refractivity contribution in [3.05, 3.63) is 35.7 Å². The Bertz CT molecular complexity index is 967. The fourth-order valence-electron chi connectivity index (χ4n) is 4.36. The molecule has 32 heavy (non-hydrogen) atoms. The van der Waals surface area contributed by atoms with Gasteiger partial charge in [0.25, 0.3) is 0 Å². The molecule has 3 radical (unpaired) electrons. The summed E-state index contributed by atoms with van der Waals surface area (Å²) in [4.78, 5) is 30.6. The van der Waals surface area contributed by atoms with Crippen LogP contribution in [0.4, 0.5) is 10.6 Å². The van der Waals surface area contributed by atoms with Gasteiger partial charge >= 0.3 is 6.09 Å². The Kier molecular flexibility index (Phi) is 6.78. The molecule has 4 rings (SSSR count). The molecule has 2 aromatic heterocycles. The van der Waals surface area contributed by atoms with Gasteiger partial charge in [-0.25, -0.2) is 9.78 Å². The van der Waals surface area contributed by atoms with Crippen molar-refractivity contribution in [2.75, 3.05) is 19.0 Å². The zero-order valence-corrected chi connectivity index (χ0v) is 19.3. The highest BCUT2D eigenvalue weighted by atomic mass is 28.1. The van der Waals surface area contributed by atoms with E-state index in [4.69, 9.17) is 9.47 Å². The molecule has 0 spiro atoms. The van der Waals surface area contributed by atoms with Crippen LogP contribution >= 0.6 is 0 Å². The Hall–Kier alpha value is -2.88. The lowest BCUT2D eigenvalue weighted by Crippen LogP contribution is -2.57. The molecule has 2 amide bonds. The molecule has 2 aromatic rings. The van der Waals surface area contributed by atoms with Crippen molar-refractivity contribution in [3.8, 4) is 5.88 Å². The summed E-state index contributed by atoms with van der Waals surface area (Å²) in [7, 11) is 5.07. The zero-order valence-electron chi connectivity index (χ0n) is 18.3. The minimum Gasteiger partial charge on any atom is -0.481 e. The second-order valence-electron chi connectivity index (χ2n) is 8.51. The number of aromatic nitrogens is 3. The molecule has 2 fully saturated rings. The van der Waals surface area contributed by atoms with Crippen LogP contribution in [0.25, 0.3) is 0 Å². The largest absolute Gasteiger partial charge is 0.481 e. The molecule has 9 nitrogen and oxygen atoms in total. The number of H-pyrrole nitrogens is 1. The van der Waals surface area contributed by atoms with Crippen molar-refractivity contribution in [2.24, 2.45) is 5.92 Å². The molecule has 2 N–H and O–H groups in total. The first-order valence-corrected chi connectivity index (χ1v) is 11.6. The number of carbonyl (C=O) groups excluding carboxylic acids is 2. The van der Waals surface area contributed by atoms with Gasteiger partial charge in [-0.15, -0.1) is 0 Å². The predicted octanol–water partition coefficient (Wildman–Crippen LogP) is 2.67. The van der Waals surface area contributed by atoms with Crippen molar-refractivity contribution < 1.29 is 19.1 Å². The van der Waals surface area contributed by atoms with Gasteiger partial charge in [0.05, 0.1) is 13.5 Å². The van der Waals surface area contributed by atoms with Gasteiger partial charge in [0.15, 0.2) is 5.82 Å². The lowest BCUT2D eigenvalue weighted by atomic mass is 9.92. The first kappa shape index (κ1) is 22.3. The lowest BCUT2D eigenvalue weighted by molar-refractivity contribution is -0.115. The van der Waals surface area contributed by atoms with Gasteiger partial charge < -0.3 is 19.7 Å². The predicted molar refractivity (Wildman–Crippen MR) is 119 cm³/mol. The van der Waals surface area contributed by atoms with E-state index in [1.807, 2.05) is 6.07 Å². The van der Waals surface area contributed by atoms with Crippen LogP contribution in [0.5, 0.6) is 5.88 Å². The van der Waals surface area contributed by atoms with E-state index >= 15 is 0 Å². The quantitative estimate of drug-likeness (QED) is 0.623. The van der Waals surface area contributed by atoms with Crippen LogP contribution in [0.15, 0.2) is 24.4 Å². The van der Waals surface area contributed by atoms with E-state index in [1.165, 1.54) is 7.11 Å². The number of ether oxygens (including phenoxy) is 2. The molecule has 1 saturated carbocycles. The number of nitrogens with one attached hydrogen (secondary N) is 2. The maximum atomic E-state index is 12.4. The highest BCUT2D eigenvalue weighted by molar-refractivity contribution is 6.08. The van der Waals surface area contributed by atoms with Crippen LogP contribution in [-0.4, -0.2) is 68.1 Å². The smallest absolute Gasteiger partial charge is 0.410 e. The van der Waals surface area contributed by atoms with Crippen LogP contribution in [-0.2, 0) is 16.0 Å². The van der Waals surface area contributed by atoms with Gasteiger partial charge in [-0.2, -0.15) is 5.10 Å². The summed E-state index contributed by atoms with van der Waals surface area (Å²) in [6, 6.07) is 6.48. The molecule has 1 aliphatic heterocycles. The van der Waals surface area contributed by atoms with Crippen molar-refractivity contribution in [1.82, 2.24) is 20.1 Å². The first-order valence-electron chi connectivity index (χ1n) is 10.9. The second kappa shape index (κ2) is 9.72. The maximum Gasteiger partial charge on any atom is 0.410 e. The van der Waals surface area contributed by atoms with Crippen LogP contribution in [0.1, 0.15) is 43.4 Å². The summed E-state index contributed by atoms with van der Waals surface area (Å²) in [6.45, 7) is 2.80. The van der Waals surface area contributed by atoms with Crippen molar-refractivity contribution in [2.45, 2.75) is 56.7 Å². The van der Waals surface area contributed by atoms with Gasteiger partial charge in [0.1, 0.15) is 6.10 Å². The van der Waals surface area contributed by atoms with E-state index in [-0.39, 0.29) is 36.5 Å². The van der Waals surface area contributed by atoms with Gasteiger partial charge in [-0.3, -0.25) is 9.89 Å². The summed E-state index contributed by atoms with van der Waals surface area (Å²) in [5.41, 5.74) is 1.75. The monoisotopic (exact) mass is 454 g/mol. The number of anilines is 1. The molecule has 1 unspecified atom stereocenters. The van der Waals surface area contributed by atoms with Crippen molar-refractivity contribution in [1.29, 1.82) is 0 Å². The summed E-state index contributed by atoms with van der Waals surface area (Å²) in [5, 5.41) is 10.1.